The number of β-amino-alcohol motifs (C(OH)–C–C–N with tert-alkyl or cyclic N) is 1. The van der Waals surface area contributed by atoms with Gasteiger partial charge in [0, 0.05) is 65.4 Å². The molecule has 0 aromatic rings. The number of likely N-dealkylation sites (N-methyl/N-ethyl adjacent to an activating group) is 2. The Balaban J connectivity index is 0.000000460. The summed E-state index contributed by atoms with van der Waals surface area (Å²) in [5.41, 5.74) is 0. The summed E-state index contributed by atoms with van der Waals surface area (Å²) in [5, 5.41) is 12.1. The molecule has 3 aliphatic heterocycles. The maximum atomic E-state index is 8.63. The molecule has 3 rings (SSSR count). The zero-order chi connectivity index (χ0) is 21.2. The fourth-order valence-electron chi connectivity index (χ4n) is 3.67. The van der Waals surface area contributed by atoms with E-state index in [1.807, 2.05) is 27.7 Å². The molecule has 0 unspecified atom stereocenters. The minimum Gasteiger partial charge on any atom is -0.395 e. The molecular weight excluding hydrogens is 350 g/mol. The second-order valence-electron chi connectivity index (χ2n) is 7.67. The summed E-state index contributed by atoms with van der Waals surface area (Å²) in [6.45, 7) is 22.5. The first-order valence-electron chi connectivity index (χ1n) is 11.8. The van der Waals surface area contributed by atoms with E-state index >= 15 is 0 Å². The third kappa shape index (κ3) is 13.1. The Morgan fingerprint density at radius 2 is 1.14 bits per heavy atom. The largest absolute Gasteiger partial charge is 0.395 e. The van der Waals surface area contributed by atoms with Crippen LogP contribution >= 0.6 is 0 Å². The summed E-state index contributed by atoms with van der Waals surface area (Å²) in [6, 6.07) is 0. The van der Waals surface area contributed by atoms with Crippen LogP contribution in [0, 0.1) is 5.92 Å². The maximum absolute atomic E-state index is 8.63. The fourth-order valence-corrected chi connectivity index (χ4v) is 3.67. The van der Waals surface area contributed by atoms with Crippen LogP contribution in [0.2, 0.25) is 0 Å². The molecule has 0 saturated carbocycles. The second-order valence-corrected chi connectivity index (χ2v) is 7.67. The van der Waals surface area contributed by atoms with Gasteiger partial charge in [0.25, 0.3) is 0 Å². The smallest absolute Gasteiger partial charge is 0.0558 e. The van der Waals surface area contributed by atoms with Gasteiger partial charge in [-0.1, -0.05) is 27.7 Å². The maximum Gasteiger partial charge on any atom is 0.0558 e. The van der Waals surface area contributed by atoms with Crippen LogP contribution in [0.3, 0.4) is 0 Å². The van der Waals surface area contributed by atoms with Crippen LogP contribution in [0.4, 0.5) is 0 Å². The predicted octanol–water partition coefficient (Wildman–Crippen LogP) is 1.51. The van der Waals surface area contributed by atoms with Gasteiger partial charge < -0.3 is 25.1 Å². The van der Waals surface area contributed by atoms with Crippen LogP contribution in [0.15, 0.2) is 0 Å². The number of nitrogens with one attached hydrogen (secondary N) is 1. The Kier molecular flexibility index (Phi) is 18.6. The molecule has 0 atom stereocenters. The number of aliphatic hydroxyl groups is 1. The van der Waals surface area contributed by atoms with Crippen molar-refractivity contribution in [1.82, 2.24) is 24.9 Å². The molecule has 0 aromatic carbocycles. The molecular formula is C22H51N5O. The minimum atomic E-state index is 0.295. The molecule has 6 heteroatoms. The van der Waals surface area contributed by atoms with E-state index < -0.39 is 0 Å². The molecule has 28 heavy (non-hydrogen) atoms. The quantitative estimate of drug-likeness (QED) is 0.745. The summed E-state index contributed by atoms with van der Waals surface area (Å²) < 4.78 is 0. The lowest BCUT2D eigenvalue weighted by molar-refractivity contribution is 0.127. The molecule has 3 fully saturated rings. The van der Waals surface area contributed by atoms with Gasteiger partial charge in [-0.05, 0) is 45.9 Å². The van der Waals surface area contributed by atoms with Gasteiger partial charge in [0.05, 0.1) is 6.61 Å². The van der Waals surface area contributed by atoms with Gasteiger partial charge >= 0.3 is 0 Å². The van der Waals surface area contributed by atoms with Gasteiger partial charge in [-0.2, -0.15) is 0 Å². The molecule has 6 nitrogen and oxygen atoms in total. The van der Waals surface area contributed by atoms with Gasteiger partial charge in [0.1, 0.15) is 0 Å². The average Bonchev–Trinajstić information content (AvgIpc) is 2.76. The summed E-state index contributed by atoms with van der Waals surface area (Å²) in [6.07, 6.45) is 2.76. The van der Waals surface area contributed by atoms with Crippen molar-refractivity contribution in [1.29, 1.82) is 0 Å². The topological polar surface area (TPSA) is 45.2 Å². The minimum absolute atomic E-state index is 0.295. The van der Waals surface area contributed by atoms with Crippen LogP contribution in [-0.4, -0.2) is 124 Å². The van der Waals surface area contributed by atoms with Gasteiger partial charge in [-0.25, -0.2) is 0 Å². The molecule has 0 aromatic heterocycles. The van der Waals surface area contributed by atoms with E-state index in [1.165, 1.54) is 58.7 Å². The third-order valence-corrected chi connectivity index (χ3v) is 5.58. The van der Waals surface area contributed by atoms with E-state index in [1.54, 1.807) is 0 Å². The van der Waals surface area contributed by atoms with Crippen LogP contribution in [0.1, 0.15) is 40.5 Å². The first kappa shape index (κ1) is 27.8. The molecule has 170 valence electrons. The number of piperazine rings is 2. The lowest BCUT2D eigenvalue weighted by Gasteiger charge is -2.35. The fraction of sp³-hybridized carbons (Fsp3) is 1.00. The van der Waals surface area contributed by atoms with Gasteiger partial charge in [0.2, 0.25) is 0 Å². The van der Waals surface area contributed by atoms with Crippen molar-refractivity contribution in [2.24, 2.45) is 5.92 Å². The molecule has 0 bridgehead atoms. The van der Waals surface area contributed by atoms with E-state index in [0.29, 0.717) is 6.61 Å². The molecule has 0 radical (unpaired) electrons. The monoisotopic (exact) mass is 401 g/mol. The van der Waals surface area contributed by atoms with Crippen molar-refractivity contribution in [2.45, 2.75) is 40.5 Å². The van der Waals surface area contributed by atoms with Crippen LogP contribution in [-0.2, 0) is 0 Å². The van der Waals surface area contributed by atoms with E-state index in [-0.39, 0.29) is 0 Å². The number of aliphatic hydroxyl groups excluding tert-OH is 1. The average molecular weight is 402 g/mol. The van der Waals surface area contributed by atoms with E-state index in [9.17, 15) is 0 Å². The number of hydrogen-bond donors (Lipinski definition) is 2. The lowest BCUT2D eigenvalue weighted by atomic mass is 9.97. The summed E-state index contributed by atoms with van der Waals surface area (Å²) >= 11 is 0. The number of rotatable bonds is 4. The third-order valence-electron chi connectivity index (χ3n) is 5.58. The lowest BCUT2D eigenvalue weighted by Crippen LogP contribution is -2.47. The highest BCUT2D eigenvalue weighted by atomic mass is 16.3. The van der Waals surface area contributed by atoms with Crippen LogP contribution < -0.4 is 5.32 Å². The normalized spacial score (nSPS) is 22.8. The van der Waals surface area contributed by atoms with Crippen molar-refractivity contribution < 1.29 is 5.11 Å². The molecule has 2 N–H and O–H groups in total. The van der Waals surface area contributed by atoms with Gasteiger partial charge in [-0.3, -0.25) is 4.90 Å². The van der Waals surface area contributed by atoms with Gasteiger partial charge in [-0.15, -0.1) is 0 Å². The zero-order valence-corrected chi connectivity index (χ0v) is 19.9. The SMILES string of the molecule is CC.CC.CN1CCN(CC2CCNCC2)CC1.CN1CCN(CCO)CC1. The predicted molar refractivity (Wildman–Crippen MR) is 123 cm³/mol. The highest BCUT2D eigenvalue weighted by Crippen LogP contribution is 2.14. The molecule has 0 spiro atoms. The second kappa shape index (κ2) is 18.8. The Bertz CT molecular complexity index is 310. The Hall–Kier alpha value is -0.240. The van der Waals surface area contributed by atoms with Crippen LogP contribution in [0.5, 0.6) is 0 Å². The first-order valence-corrected chi connectivity index (χ1v) is 11.8. The Morgan fingerprint density at radius 1 is 0.714 bits per heavy atom. The molecule has 3 saturated heterocycles. The molecule has 3 aliphatic rings. The standard InChI is InChI=1S/C11H23N3.C7H16N2O.2C2H6/c1-13-6-8-14(9-7-13)10-11-2-4-12-5-3-11;1-8-2-4-9(5-3-8)6-7-10;2*1-2/h11-12H,2-10H2,1H3;10H,2-7H2,1H3;2*1-2H3. The summed E-state index contributed by atoms with van der Waals surface area (Å²) in [4.78, 5) is 9.68. The summed E-state index contributed by atoms with van der Waals surface area (Å²) in [7, 11) is 4.36. The number of hydrogen-bond acceptors (Lipinski definition) is 6. The zero-order valence-electron chi connectivity index (χ0n) is 19.9. The van der Waals surface area contributed by atoms with Gasteiger partial charge in [0.15, 0.2) is 0 Å². The Labute approximate surface area is 176 Å². The molecule has 0 amide bonds. The Morgan fingerprint density at radius 3 is 1.57 bits per heavy atom. The van der Waals surface area contributed by atoms with Crippen molar-refractivity contribution in [3.8, 4) is 0 Å². The van der Waals surface area contributed by atoms with Crippen molar-refractivity contribution >= 4 is 0 Å². The number of nitrogens with zero attached hydrogens (tertiary/aromatic N) is 4. The molecule has 0 aliphatic carbocycles. The van der Waals surface area contributed by atoms with Crippen molar-refractivity contribution in [2.75, 3.05) is 99.2 Å². The van der Waals surface area contributed by atoms with E-state index in [2.05, 4.69) is 39.0 Å². The molecule has 3 heterocycles. The first-order chi connectivity index (χ1) is 13.7. The highest BCUT2D eigenvalue weighted by molar-refractivity contribution is 4.76. The van der Waals surface area contributed by atoms with Crippen molar-refractivity contribution in [3.63, 3.8) is 0 Å². The number of piperidine rings is 1. The van der Waals surface area contributed by atoms with E-state index in [0.717, 1.165) is 38.6 Å². The summed E-state index contributed by atoms with van der Waals surface area (Å²) in [5.74, 6) is 0.958. The highest BCUT2D eigenvalue weighted by Gasteiger charge is 2.19. The van der Waals surface area contributed by atoms with Crippen molar-refractivity contribution in [3.05, 3.63) is 0 Å². The van der Waals surface area contributed by atoms with E-state index in [4.69, 9.17) is 5.11 Å². The van der Waals surface area contributed by atoms with Crippen LogP contribution in [0.25, 0.3) is 0 Å².